The maximum Gasteiger partial charge on any atom is 0.225 e. The summed E-state index contributed by atoms with van der Waals surface area (Å²) in [5.41, 5.74) is 1.75. The van der Waals surface area contributed by atoms with Crippen molar-refractivity contribution in [3.05, 3.63) is 59.7 Å². The van der Waals surface area contributed by atoms with Crippen LogP contribution in [0, 0.1) is 11.6 Å². The molecule has 1 saturated carbocycles. The van der Waals surface area contributed by atoms with Gasteiger partial charge in [-0.25, -0.2) is 13.8 Å². The molecule has 3 aromatic rings. The fourth-order valence-corrected chi connectivity index (χ4v) is 4.21. The first-order chi connectivity index (χ1) is 15.0. The highest BCUT2D eigenvalue weighted by Gasteiger charge is 2.22. The summed E-state index contributed by atoms with van der Waals surface area (Å²) in [6, 6.07) is 13.0. The number of fused-ring (bicyclic) bond motifs is 1. The van der Waals surface area contributed by atoms with E-state index in [9.17, 15) is 8.78 Å². The Bertz CT molecular complexity index is 1030. The van der Waals surface area contributed by atoms with Gasteiger partial charge in [0, 0.05) is 31.6 Å². The molecule has 0 spiro atoms. The lowest BCUT2D eigenvalue weighted by atomic mass is 9.91. The lowest BCUT2D eigenvalue weighted by Crippen LogP contribution is -2.38. The molecule has 1 aromatic heterocycles. The van der Waals surface area contributed by atoms with Crippen LogP contribution in [-0.4, -0.2) is 42.7 Å². The molecule has 1 heterocycles. The van der Waals surface area contributed by atoms with Crippen molar-refractivity contribution in [2.24, 2.45) is 0 Å². The van der Waals surface area contributed by atoms with Gasteiger partial charge < -0.3 is 15.5 Å². The van der Waals surface area contributed by atoms with Gasteiger partial charge in [0.05, 0.1) is 5.52 Å². The van der Waals surface area contributed by atoms with Crippen LogP contribution in [0.4, 0.5) is 20.5 Å². The largest absolute Gasteiger partial charge is 0.362 e. The van der Waals surface area contributed by atoms with Gasteiger partial charge in [0.25, 0.3) is 0 Å². The average molecular weight is 426 g/mol. The van der Waals surface area contributed by atoms with Gasteiger partial charge in [-0.3, -0.25) is 0 Å². The van der Waals surface area contributed by atoms with Crippen molar-refractivity contribution in [3.8, 4) is 0 Å². The fourth-order valence-electron chi connectivity index (χ4n) is 4.21. The third-order valence-electron chi connectivity index (χ3n) is 5.90. The van der Waals surface area contributed by atoms with Crippen LogP contribution in [0.25, 0.3) is 10.9 Å². The first-order valence-electron chi connectivity index (χ1n) is 10.9. The molecule has 2 aromatic carbocycles. The lowest BCUT2D eigenvalue weighted by molar-refractivity contribution is 0.355. The van der Waals surface area contributed by atoms with Gasteiger partial charge >= 0.3 is 0 Å². The van der Waals surface area contributed by atoms with E-state index in [-0.39, 0.29) is 0 Å². The molecular weight excluding hydrogens is 396 g/mol. The van der Waals surface area contributed by atoms with E-state index in [1.807, 2.05) is 43.3 Å². The molecule has 0 radical (unpaired) electrons. The number of hydrogen-bond acceptors (Lipinski definition) is 5. The normalized spacial score (nSPS) is 18.8. The zero-order valence-electron chi connectivity index (χ0n) is 18.0. The van der Waals surface area contributed by atoms with E-state index < -0.39 is 11.6 Å². The van der Waals surface area contributed by atoms with E-state index in [1.165, 1.54) is 12.1 Å². The summed E-state index contributed by atoms with van der Waals surface area (Å²) < 4.78 is 26.4. The number of nitrogens with zero attached hydrogens (tertiary/aromatic N) is 3. The summed E-state index contributed by atoms with van der Waals surface area (Å²) >= 11 is 0. The maximum atomic E-state index is 13.3. The summed E-state index contributed by atoms with van der Waals surface area (Å²) in [6.45, 7) is 0.758. The van der Waals surface area contributed by atoms with Crippen molar-refractivity contribution < 1.29 is 8.78 Å². The van der Waals surface area contributed by atoms with Crippen molar-refractivity contribution in [2.45, 2.75) is 44.2 Å². The van der Waals surface area contributed by atoms with E-state index in [1.54, 1.807) is 6.07 Å². The van der Waals surface area contributed by atoms with Crippen LogP contribution in [-0.2, 0) is 6.42 Å². The minimum atomic E-state index is -0.796. The highest BCUT2D eigenvalue weighted by atomic mass is 19.2. The minimum absolute atomic E-state index is 0.348. The Kier molecular flexibility index (Phi) is 6.61. The van der Waals surface area contributed by atoms with Gasteiger partial charge in [-0.15, -0.1) is 0 Å². The van der Waals surface area contributed by atoms with Crippen molar-refractivity contribution in [3.63, 3.8) is 0 Å². The first kappa shape index (κ1) is 21.4. The second-order valence-corrected chi connectivity index (χ2v) is 8.43. The Labute approximate surface area is 181 Å². The van der Waals surface area contributed by atoms with Crippen molar-refractivity contribution in [1.82, 2.24) is 15.3 Å². The lowest BCUT2D eigenvalue weighted by Gasteiger charge is -2.30. The molecule has 7 heteroatoms. The second kappa shape index (κ2) is 9.56. The highest BCUT2D eigenvalue weighted by molar-refractivity contribution is 5.90. The van der Waals surface area contributed by atoms with E-state index in [2.05, 4.69) is 10.6 Å². The van der Waals surface area contributed by atoms with Crippen LogP contribution >= 0.6 is 0 Å². The number of benzene rings is 2. The van der Waals surface area contributed by atoms with Gasteiger partial charge in [0.2, 0.25) is 5.95 Å². The SMILES string of the molecule is CN(C)c1nc(NC2CCC(NCCc3ccc(F)c(F)c3)CC2)nc2ccccc12. The third kappa shape index (κ3) is 5.28. The number of halogens is 2. The van der Waals surface area contributed by atoms with Gasteiger partial charge in [-0.1, -0.05) is 18.2 Å². The summed E-state index contributed by atoms with van der Waals surface area (Å²) in [7, 11) is 3.99. The summed E-state index contributed by atoms with van der Waals surface area (Å²) in [6.07, 6.45) is 4.88. The van der Waals surface area contributed by atoms with Crippen molar-refractivity contribution in [2.75, 3.05) is 30.9 Å². The van der Waals surface area contributed by atoms with E-state index in [0.29, 0.717) is 24.5 Å². The quantitative estimate of drug-likeness (QED) is 0.583. The number of anilines is 2. The standard InChI is InChI=1S/C24H29F2N5/c1-31(2)23-19-5-3-4-6-22(19)29-24(30-23)28-18-10-8-17(9-11-18)27-14-13-16-7-12-20(25)21(26)15-16/h3-7,12,15,17-18,27H,8-11,13-14H2,1-2H3,(H,28,29,30). The predicted octanol–water partition coefficient (Wildman–Crippen LogP) is 4.53. The predicted molar refractivity (Wildman–Crippen MR) is 122 cm³/mol. The first-order valence-corrected chi connectivity index (χ1v) is 10.9. The molecule has 2 N–H and O–H groups in total. The average Bonchev–Trinajstić information content (AvgIpc) is 2.77. The number of hydrogen-bond donors (Lipinski definition) is 2. The Morgan fingerprint density at radius 3 is 2.42 bits per heavy atom. The molecule has 0 unspecified atom stereocenters. The number of aromatic nitrogens is 2. The molecule has 0 atom stereocenters. The van der Waals surface area contributed by atoms with Crippen LogP contribution in [0.3, 0.4) is 0 Å². The van der Waals surface area contributed by atoms with Gasteiger partial charge in [0.1, 0.15) is 5.82 Å². The molecule has 1 aliphatic carbocycles. The Morgan fingerprint density at radius 2 is 1.68 bits per heavy atom. The zero-order valence-corrected chi connectivity index (χ0v) is 18.0. The molecule has 5 nitrogen and oxygen atoms in total. The number of rotatable bonds is 7. The monoisotopic (exact) mass is 425 g/mol. The van der Waals surface area contributed by atoms with E-state index >= 15 is 0 Å². The van der Waals surface area contributed by atoms with Gasteiger partial charge in [-0.2, -0.15) is 4.98 Å². The molecule has 164 valence electrons. The minimum Gasteiger partial charge on any atom is -0.362 e. The topological polar surface area (TPSA) is 53.1 Å². The second-order valence-electron chi connectivity index (χ2n) is 8.43. The van der Waals surface area contributed by atoms with Crippen LogP contribution in [0.2, 0.25) is 0 Å². The molecular formula is C24H29F2N5. The smallest absolute Gasteiger partial charge is 0.225 e. The molecule has 4 rings (SSSR count). The summed E-state index contributed by atoms with van der Waals surface area (Å²) in [5, 5.41) is 8.13. The van der Waals surface area contributed by atoms with Crippen LogP contribution < -0.4 is 15.5 Å². The van der Waals surface area contributed by atoms with Crippen LogP contribution in [0.15, 0.2) is 42.5 Å². The zero-order chi connectivity index (χ0) is 21.8. The molecule has 1 fully saturated rings. The van der Waals surface area contributed by atoms with E-state index in [4.69, 9.17) is 9.97 Å². The molecule has 0 bridgehead atoms. The Morgan fingerprint density at radius 1 is 0.935 bits per heavy atom. The van der Waals surface area contributed by atoms with Gasteiger partial charge in [0.15, 0.2) is 11.6 Å². The molecule has 0 amide bonds. The third-order valence-corrected chi connectivity index (χ3v) is 5.90. The fraction of sp³-hybridized carbons (Fsp3) is 0.417. The molecule has 1 aliphatic rings. The number of para-hydroxylation sites is 1. The van der Waals surface area contributed by atoms with Crippen LogP contribution in [0.1, 0.15) is 31.2 Å². The highest BCUT2D eigenvalue weighted by Crippen LogP contribution is 2.26. The van der Waals surface area contributed by atoms with E-state index in [0.717, 1.165) is 54.5 Å². The molecule has 0 aliphatic heterocycles. The van der Waals surface area contributed by atoms with Crippen molar-refractivity contribution in [1.29, 1.82) is 0 Å². The number of nitrogens with one attached hydrogen (secondary N) is 2. The summed E-state index contributed by atoms with van der Waals surface area (Å²) in [4.78, 5) is 11.5. The Hall–Kier alpha value is -2.80. The molecule has 0 saturated heterocycles. The summed E-state index contributed by atoms with van der Waals surface area (Å²) in [5.74, 6) is 0.0193. The maximum absolute atomic E-state index is 13.3. The van der Waals surface area contributed by atoms with Gasteiger partial charge in [-0.05, 0) is 68.5 Å². The van der Waals surface area contributed by atoms with Crippen LogP contribution in [0.5, 0.6) is 0 Å². The van der Waals surface area contributed by atoms with Crippen molar-refractivity contribution >= 4 is 22.7 Å². The Balaban J connectivity index is 1.29. The molecule has 31 heavy (non-hydrogen) atoms.